The summed E-state index contributed by atoms with van der Waals surface area (Å²) >= 11 is 0. The van der Waals surface area contributed by atoms with Gasteiger partial charge >= 0.3 is 6.03 Å². The van der Waals surface area contributed by atoms with Crippen LogP contribution in [0.2, 0.25) is 0 Å². The van der Waals surface area contributed by atoms with Gasteiger partial charge in [-0.2, -0.15) is 5.10 Å². The molecule has 7 nitrogen and oxygen atoms in total. The molecule has 7 heteroatoms. The molecule has 0 fully saturated rings. The van der Waals surface area contributed by atoms with E-state index in [9.17, 15) is 9.90 Å². The van der Waals surface area contributed by atoms with Crippen molar-refractivity contribution in [1.29, 1.82) is 0 Å². The van der Waals surface area contributed by atoms with Crippen molar-refractivity contribution in [3.05, 3.63) is 41.1 Å². The van der Waals surface area contributed by atoms with Crippen molar-refractivity contribution >= 4 is 6.03 Å². The second-order valence-corrected chi connectivity index (χ2v) is 6.09. The quantitative estimate of drug-likeness (QED) is 0.722. The van der Waals surface area contributed by atoms with Crippen LogP contribution >= 0.6 is 0 Å². The molecule has 0 aliphatic carbocycles. The Kier molecular flexibility index (Phi) is 6.03. The Labute approximate surface area is 142 Å². The van der Waals surface area contributed by atoms with Gasteiger partial charge in [0.2, 0.25) is 0 Å². The summed E-state index contributed by atoms with van der Waals surface area (Å²) in [6.45, 7) is 6.38. The number of hydrogen-bond donors (Lipinski definition) is 3. The summed E-state index contributed by atoms with van der Waals surface area (Å²) in [5, 5.41) is 20.0. The van der Waals surface area contributed by atoms with E-state index in [1.54, 1.807) is 12.1 Å². The van der Waals surface area contributed by atoms with Crippen LogP contribution in [-0.4, -0.2) is 33.5 Å². The summed E-state index contributed by atoms with van der Waals surface area (Å²) < 4.78 is 7.00. The third-order valence-corrected chi connectivity index (χ3v) is 4.15. The molecule has 0 spiro atoms. The van der Waals surface area contributed by atoms with Crippen molar-refractivity contribution in [3.63, 3.8) is 0 Å². The molecule has 0 radical (unpaired) electrons. The van der Waals surface area contributed by atoms with E-state index in [0.29, 0.717) is 18.7 Å². The fraction of sp³-hybridized carbons (Fsp3) is 0.529. The number of carbonyl (C=O) groups excluding carboxylic acids is 1. The van der Waals surface area contributed by atoms with E-state index in [0.717, 1.165) is 17.8 Å². The zero-order valence-corrected chi connectivity index (χ0v) is 14.7. The molecule has 2 rings (SSSR count). The maximum absolute atomic E-state index is 11.9. The van der Waals surface area contributed by atoms with Crippen LogP contribution in [0.25, 0.3) is 0 Å². The van der Waals surface area contributed by atoms with E-state index in [-0.39, 0.29) is 12.1 Å². The number of aryl methyl sites for hydroxylation is 2. The SMILES string of the molecule is Cc1nn(C)c(C)c1CCNC(=O)N[C@@H](C)C[C@@H](O)c1ccco1. The average molecular weight is 334 g/mol. The van der Waals surface area contributed by atoms with E-state index in [1.165, 1.54) is 11.8 Å². The lowest BCUT2D eigenvalue weighted by Gasteiger charge is -2.17. The molecule has 2 aromatic rings. The number of carbonyl (C=O) groups is 1. The number of nitrogens with zero attached hydrogens (tertiary/aromatic N) is 2. The number of aliphatic hydroxyl groups excluding tert-OH is 1. The van der Waals surface area contributed by atoms with Gasteiger partial charge in [-0.25, -0.2) is 4.79 Å². The van der Waals surface area contributed by atoms with Crippen LogP contribution < -0.4 is 10.6 Å². The van der Waals surface area contributed by atoms with E-state index in [4.69, 9.17) is 4.42 Å². The highest BCUT2D eigenvalue weighted by molar-refractivity contribution is 5.74. The summed E-state index contributed by atoms with van der Waals surface area (Å²) in [4.78, 5) is 11.9. The predicted molar refractivity (Wildman–Crippen MR) is 90.7 cm³/mol. The summed E-state index contributed by atoms with van der Waals surface area (Å²) in [6, 6.07) is 3.03. The van der Waals surface area contributed by atoms with Crippen molar-refractivity contribution in [2.45, 2.75) is 45.8 Å². The first-order chi connectivity index (χ1) is 11.4. The number of nitrogens with one attached hydrogen (secondary N) is 2. The second kappa shape index (κ2) is 8.01. The molecule has 2 amide bonds. The first-order valence-corrected chi connectivity index (χ1v) is 8.13. The van der Waals surface area contributed by atoms with Crippen LogP contribution in [0, 0.1) is 13.8 Å². The fourth-order valence-corrected chi connectivity index (χ4v) is 2.75. The van der Waals surface area contributed by atoms with Crippen LogP contribution in [0.5, 0.6) is 0 Å². The number of hydrogen-bond acceptors (Lipinski definition) is 4. The number of aliphatic hydroxyl groups is 1. The highest BCUT2D eigenvalue weighted by atomic mass is 16.4. The Hall–Kier alpha value is -2.28. The number of aromatic nitrogens is 2. The van der Waals surface area contributed by atoms with Gasteiger partial charge in [0.1, 0.15) is 11.9 Å². The van der Waals surface area contributed by atoms with Gasteiger partial charge in [0, 0.05) is 31.7 Å². The van der Waals surface area contributed by atoms with Crippen molar-refractivity contribution < 1.29 is 14.3 Å². The normalized spacial score (nSPS) is 13.5. The summed E-state index contributed by atoms with van der Waals surface area (Å²) in [6.07, 6.45) is 1.92. The number of furan rings is 1. The van der Waals surface area contributed by atoms with Crippen LogP contribution in [0.15, 0.2) is 22.8 Å². The number of rotatable bonds is 7. The molecule has 0 bridgehead atoms. The van der Waals surface area contributed by atoms with Crippen LogP contribution in [-0.2, 0) is 13.5 Å². The Morgan fingerprint density at radius 2 is 2.21 bits per heavy atom. The molecule has 2 heterocycles. The molecule has 0 aliphatic rings. The van der Waals surface area contributed by atoms with Gasteiger partial charge in [-0.15, -0.1) is 0 Å². The van der Waals surface area contributed by atoms with Crippen LogP contribution in [0.3, 0.4) is 0 Å². The monoisotopic (exact) mass is 334 g/mol. The fourth-order valence-electron chi connectivity index (χ4n) is 2.75. The molecule has 2 aromatic heterocycles. The Morgan fingerprint density at radius 3 is 2.79 bits per heavy atom. The van der Waals surface area contributed by atoms with Crippen molar-refractivity contribution in [1.82, 2.24) is 20.4 Å². The topological polar surface area (TPSA) is 92.3 Å². The van der Waals surface area contributed by atoms with Gasteiger partial charge in [0.25, 0.3) is 0 Å². The molecule has 24 heavy (non-hydrogen) atoms. The average Bonchev–Trinajstić information content (AvgIpc) is 3.11. The van der Waals surface area contributed by atoms with E-state index >= 15 is 0 Å². The minimum absolute atomic E-state index is 0.174. The molecule has 0 unspecified atom stereocenters. The third-order valence-electron chi connectivity index (χ3n) is 4.15. The van der Waals surface area contributed by atoms with Crippen molar-refractivity contribution in [2.24, 2.45) is 7.05 Å². The molecule has 132 valence electrons. The van der Waals surface area contributed by atoms with E-state index in [1.807, 2.05) is 32.5 Å². The third kappa shape index (κ3) is 4.61. The van der Waals surface area contributed by atoms with Crippen LogP contribution in [0.1, 0.15) is 42.2 Å². The Bertz CT molecular complexity index is 664. The molecule has 3 N–H and O–H groups in total. The van der Waals surface area contributed by atoms with Gasteiger partial charge < -0.3 is 20.2 Å². The van der Waals surface area contributed by atoms with Gasteiger partial charge in [0.15, 0.2) is 0 Å². The lowest BCUT2D eigenvalue weighted by Crippen LogP contribution is -2.42. The zero-order valence-electron chi connectivity index (χ0n) is 14.7. The lowest BCUT2D eigenvalue weighted by atomic mass is 10.1. The Morgan fingerprint density at radius 1 is 1.46 bits per heavy atom. The molecule has 0 saturated heterocycles. The molecular weight excluding hydrogens is 308 g/mol. The maximum atomic E-state index is 11.9. The molecule has 0 aliphatic heterocycles. The molecule has 0 saturated carbocycles. The first-order valence-electron chi connectivity index (χ1n) is 8.13. The molecular formula is C17H26N4O3. The van der Waals surface area contributed by atoms with Crippen molar-refractivity contribution in [2.75, 3.05) is 6.54 Å². The van der Waals surface area contributed by atoms with Gasteiger partial charge in [-0.05, 0) is 44.9 Å². The lowest BCUT2D eigenvalue weighted by molar-refractivity contribution is 0.129. The number of amides is 2. The van der Waals surface area contributed by atoms with Crippen molar-refractivity contribution in [3.8, 4) is 0 Å². The largest absolute Gasteiger partial charge is 0.467 e. The molecule has 2 atom stereocenters. The second-order valence-electron chi connectivity index (χ2n) is 6.09. The Balaban J connectivity index is 1.73. The standard InChI is InChI=1S/C17H26N4O3/c1-11(10-15(22)16-6-5-9-24-16)19-17(23)18-8-7-14-12(2)20-21(4)13(14)3/h5-6,9,11,15,22H,7-8,10H2,1-4H3,(H2,18,19,23)/t11-,15+/m0/s1. The molecule has 0 aromatic carbocycles. The van der Waals surface area contributed by atoms with Gasteiger partial charge in [0.05, 0.1) is 12.0 Å². The van der Waals surface area contributed by atoms with Gasteiger partial charge in [-0.3, -0.25) is 4.68 Å². The van der Waals surface area contributed by atoms with E-state index < -0.39 is 6.10 Å². The predicted octanol–water partition coefficient (Wildman–Crippen LogP) is 1.98. The first kappa shape index (κ1) is 18.1. The van der Waals surface area contributed by atoms with E-state index in [2.05, 4.69) is 15.7 Å². The smallest absolute Gasteiger partial charge is 0.315 e. The van der Waals surface area contributed by atoms with Gasteiger partial charge in [-0.1, -0.05) is 0 Å². The summed E-state index contributed by atoms with van der Waals surface area (Å²) in [7, 11) is 1.91. The maximum Gasteiger partial charge on any atom is 0.315 e. The van der Waals surface area contributed by atoms with Crippen LogP contribution in [0.4, 0.5) is 4.79 Å². The number of urea groups is 1. The summed E-state index contributed by atoms with van der Waals surface area (Å²) in [5.41, 5.74) is 3.27. The minimum atomic E-state index is -0.726. The minimum Gasteiger partial charge on any atom is -0.467 e. The highest BCUT2D eigenvalue weighted by Gasteiger charge is 2.16. The highest BCUT2D eigenvalue weighted by Crippen LogP contribution is 2.18. The summed E-state index contributed by atoms with van der Waals surface area (Å²) in [5.74, 6) is 0.506. The zero-order chi connectivity index (χ0) is 17.7.